The summed E-state index contributed by atoms with van der Waals surface area (Å²) in [7, 11) is 0. The van der Waals surface area contributed by atoms with Crippen LogP contribution in [0.25, 0.3) is 12.2 Å². The van der Waals surface area contributed by atoms with E-state index in [1.165, 1.54) is 4.53 Å². The number of anilines is 1. The number of hydrogen-bond donors (Lipinski definition) is 1. The molecule has 0 fully saturated rings. The van der Waals surface area contributed by atoms with Crippen molar-refractivity contribution in [2.45, 2.75) is 47.1 Å². The second-order valence-electron chi connectivity index (χ2n) is 7.36. The Morgan fingerprint density at radius 1 is 1.13 bits per heavy atom. The van der Waals surface area contributed by atoms with Crippen LogP contribution >= 0.6 is 11.3 Å². The number of nitrogens with zero attached hydrogens (tertiary/aromatic N) is 4. The highest BCUT2D eigenvalue weighted by atomic mass is 32.1. The van der Waals surface area contributed by atoms with E-state index in [1.807, 2.05) is 32.0 Å². The van der Waals surface area contributed by atoms with Gasteiger partial charge in [0.25, 0.3) is 0 Å². The third kappa shape index (κ3) is 5.63. The van der Waals surface area contributed by atoms with Crippen molar-refractivity contribution in [1.29, 1.82) is 0 Å². The Bertz CT molecular complexity index is 1090. The molecule has 0 saturated heterocycles. The highest BCUT2D eigenvalue weighted by molar-refractivity contribution is 7.09. The van der Waals surface area contributed by atoms with Gasteiger partial charge in [-0.15, -0.1) is 11.3 Å². The molecule has 30 heavy (non-hydrogen) atoms. The summed E-state index contributed by atoms with van der Waals surface area (Å²) in [4.78, 5) is 18.0. The lowest BCUT2D eigenvalue weighted by Crippen LogP contribution is -2.21. The van der Waals surface area contributed by atoms with Gasteiger partial charge in [0.05, 0.1) is 21.5 Å². The van der Waals surface area contributed by atoms with Crippen LogP contribution in [0.2, 0.25) is 0 Å². The molecule has 0 saturated carbocycles. The summed E-state index contributed by atoms with van der Waals surface area (Å²) in [5.74, 6) is 1.38. The zero-order valence-corrected chi connectivity index (χ0v) is 19.0. The van der Waals surface area contributed by atoms with E-state index in [9.17, 15) is 0 Å². The van der Waals surface area contributed by atoms with Crippen LogP contribution in [-0.2, 0) is 6.61 Å². The molecule has 0 spiro atoms. The molecule has 3 heterocycles. The number of aromatic nitrogens is 4. The molecule has 0 aliphatic carbocycles. The van der Waals surface area contributed by atoms with Crippen molar-refractivity contribution in [3.05, 3.63) is 56.7 Å². The van der Waals surface area contributed by atoms with Crippen molar-refractivity contribution in [3.63, 3.8) is 0 Å². The first kappa shape index (κ1) is 21.9. The Morgan fingerprint density at radius 3 is 2.67 bits per heavy atom. The van der Waals surface area contributed by atoms with Crippen LogP contribution in [0.5, 0.6) is 6.01 Å². The lowest BCUT2D eigenvalue weighted by Gasteiger charge is -2.10. The Balaban J connectivity index is 1.77. The molecule has 1 unspecified atom stereocenters. The topological polar surface area (TPSA) is 72.8 Å². The molecule has 0 bridgehead atoms. The summed E-state index contributed by atoms with van der Waals surface area (Å²) in [5, 5.41) is 5.29. The first-order valence-electron chi connectivity index (χ1n) is 10.3. The summed E-state index contributed by atoms with van der Waals surface area (Å²) in [6.07, 6.45) is 7.83. The number of thiazole rings is 1. The SMILES string of the molecule is CC=c1nc(C(C)c2ccnc(OCc3ccnc(NCC)c3)n2)sc1=CC(C)C. The Kier molecular flexibility index (Phi) is 7.52. The minimum atomic E-state index is 0.0645. The predicted octanol–water partition coefficient (Wildman–Crippen LogP) is 3.73. The number of nitrogens with one attached hydrogen (secondary N) is 1. The lowest BCUT2D eigenvalue weighted by molar-refractivity contribution is 0.279. The van der Waals surface area contributed by atoms with Gasteiger partial charge < -0.3 is 10.1 Å². The minimum Gasteiger partial charge on any atom is -0.459 e. The van der Waals surface area contributed by atoms with Gasteiger partial charge in [-0.1, -0.05) is 32.9 Å². The van der Waals surface area contributed by atoms with Gasteiger partial charge in [0.2, 0.25) is 0 Å². The molecule has 158 valence electrons. The molecule has 3 rings (SSSR count). The summed E-state index contributed by atoms with van der Waals surface area (Å²) in [5.41, 5.74) is 1.91. The van der Waals surface area contributed by atoms with Crippen LogP contribution < -0.4 is 19.9 Å². The van der Waals surface area contributed by atoms with Gasteiger partial charge in [-0.05, 0) is 43.5 Å². The highest BCUT2D eigenvalue weighted by Crippen LogP contribution is 2.23. The first-order valence-corrected chi connectivity index (χ1v) is 11.1. The Morgan fingerprint density at radius 2 is 1.93 bits per heavy atom. The molecule has 0 amide bonds. The molecule has 6 nitrogen and oxygen atoms in total. The van der Waals surface area contributed by atoms with Gasteiger partial charge in [0.15, 0.2) is 0 Å². The molecule has 3 aromatic heterocycles. The van der Waals surface area contributed by atoms with E-state index < -0.39 is 0 Å². The van der Waals surface area contributed by atoms with Gasteiger partial charge >= 0.3 is 6.01 Å². The van der Waals surface area contributed by atoms with E-state index in [0.717, 1.165) is 34.0 Å². The summed E-state index contributed by atoms with van der Waals surface area (Å²) < 4.78 is 7.06. The fraction of sp³-hybridized carbons (Fsp3) is 0.391. The molecule has 0 radical (unpaired) electrons. The maximum Gasteiger partial charge on any atom is 0.316 e. The van der Waals surface area contributed by atoms with Crippen molar-refractivity contribution in [3.8, 4) is 6.01 Å². The molecule has 7 heteroatoms. The molecular formula is C23H29N5OS. The quantitative estimate of drug-likeness (QED) is 0.595. The fourth-order valence-corrected chi connectivity index (χ4v) is 4.23. The van der Waals surface area contributed by atoms with Crippen molar-refractivity contribution in [2.24, 2.45) is 5.92 Å². The van der Waals surface area contributed by atoms with Crippen molar-refractivity contribution in [2.75, 3.05) is 11.9 Å². The molecule has 0 aliphatic rings. The highest BCUT2D eigenvalue weighted by Gasteiger charge is 2.15. The van der Waals surface area contributed by atoms with E-state index >= 15 is 0 Å². The average Bonchev–Trinajstić information content (AvgIpc) is 3.14. The van der Waals surface area contributed by atoms with Crippen LogP contribution in [0.15, 0.2) is 30.6 Å². The Labute approximate surface area is 181 Å². The van der Waals surface area contributed by atoms with Gasteiger partial charge in [-0.3, -0.25) is 0 Å². The smallest absolute Gasteiger partial charge is 0.316 e. The maximum atomic E-state index is 5.85. The van der Waals surface area contributed by atoms with Gasteiger partial charge in [-0.25, -0.2) is 15.0 Å². The largest absolute Gasteiger partial charge is 0.459 e. The number of rotatable bonds is 8. The second-order valence-corrected chi connectivity index (χ2v) is 8.42. The Hall–Kier alpha value is -2.80. The van der Waals surface area contributed by atoms with Gasteiger partial charge in [-0.2, -0.15) is 4.98 Å². The van der Waals surface area contributed by atoms with Crippen LogP contribution in [0.3, 0.4) is 0 Å². The number of hydrogen-bond acceptors (Lipinski definition) is 7. The van der Waals surface area contributed by atoms with Crippen molar-refractivity contribution >= 4 is 29.3 Å². The fourth-order valence-electron chi connectivity index (χ4n) is 2.96. The van der Waals surface area contributed by atoms with E-state index in [1.54, 1.807) is 23.7 Å². The second kappa shape index (κ2) is 10.3. The van der Waals surface area contributed by atoms with E-state index in [4.69, 9.17) is 9.72 Å². The van der Waals surface area contributed by atoms with Crippen LogP contribution in [0, 0.1) is 5.92 Å². The lowest BCUT2D eigenvalue weighted by atomic mass is 10.1. The van der Waals surface area contributed by atoms with E-state index in [2.05, 4.69) is 53.2 Å². The summed E-state index contributed by atoms with van der Waals surface area (Å²) in [6.45, 7) is 11.8. The van der Waals surface area contributed by atoms with E-state index in [-0.39, 0.29) is 5.92 Å². The molecule has 1 N–H and O–H groups in total. The number of pyridine rings is 1. The zero-order chi connectivity index (χ0) is 21.5. The van der Waals surface area contributed by atoms with Gasteiger partial charge in [0.1, 0.15) is 17.4 Å². The third-order valence-electron chi connectivity index (χ3n) is 4.48. The standard InChI is InChI=1S/C23H29N5OS/c1-6-18-20(12-15(3)4)30-22(27-18)16(5)19-9-11-26-23(28-19)29-14-17-8-10-25-21(13-17)24-7-2/h6,8-13,15-16H,7,14H2,1-5H3,(H,24,25). The maximum absolute atomic E-state index is 5.85. The van der Waals surface area contributed by atoms with Crippen LogP contribution in [0.4, 0.5) is 5.82 Å². The van der Waals surface area contributed by atoms with E-state index in [0.29, 0.717) is 18.5 Å². The molecule has 3 aromatic rings. The monoisotopic (exact) mass is 423 g/mol. The normalized spacial score (nSPS) is 13.7. The first-order chi connectivity index (χ1) is 14.5. The van der Waals surface area contributed by atoms with Crippen molar-refractivity contribution in [1.82, 2.24) is 19.9 Å². The summed E-state index contributed by atoms with van der Waals surface area (Å²) in [6, 6.07) is 6.20. The zero-order valence-electron chi connectivity index (χ0n) is 18.2. The third-order valence-corrected chi connectivity index (χ3v) is 5.69. The number of ether oxygens (including phenoxy) is 1. The predicted molar refractivity (Wildman–Crippen MR) is 123 cm³/mol. The van der Waals surface area contributed by atoms with Crippen molar-refractivity contribution < 1.29 is 4.74 Å². The summed E-state index contributed by atoms with van der Waals surface area (Å²) >= 11 is 1.72. The van der Waals surface area contributed by atoms with Crippen LogP contribution in [-0.4, -0.2) is 26.5 Å². The average molecular weight is 424 g/mol. The minimum absolute atomic E-state index is 0.0645. The van der Waals surface area contributed by atoms with Gasteiger partial charge in [0, 0.05) is 18.9 Å². The molecular weight excluding hydrogens is 394 g/mol. The molecule has 0 aromatic carbocycles. The van der Waals surface area contributed by atoms with Crippen LogP contribution in [0.1, 0.15) is 56.8 Å². The molecule has 1 atom stereocenters. The molecule has 0 aliphatic heterocycles.